The molecule has 3 rings (SSSR count). The molecule has 0 saturated heterocycles. The molecule has 34 heavy (non-hydrogen) atoms. The van der Waals surface area contributed by atoms with Gasteiger partial charge in [0.1, 0.15) is 29.3 Å². The van der Waals surface area contributed by atoms with Crippen molar-refractivity contribution in [2.24, 2.45) is 5.92 Å². The summed E-state index contributed by atoms with van der Waals surface area (Å²) < 4.78 is 27.8. The Labute approximate surface area is 197 Å². The molecule has 0 amide bonds. The van der Waals surface area contributed by atoms with Crippen LogP contribution < -0.4 is 0 Å². The van der Waals surface area contributed by atoms with Gasteiger partial charge in [0.2, 0.25) is 0 Å². The van der Waals surface area contributed by atoms with E-state index in [4.69, 9.17) is 23.4 Å². The highest BCUT2D eigenvalue weighted by atomic mass is 16.6. The van der Waals surface area contributed by atoms with Crippen molar-refractivity contribution in [1.82, 2.24) is 0 Å². The maximum absolute atomic E-state index is 12.9. The van der Waals surface area contributed by atoms with Gasteiger partial charge in [-0.3, -0.25) is 9.59 Å². The van der Waals surface area contributed by atoms with E-state index in [1.165, 1.54) is 27.0 Å². The highest BCUT2D eigenvalue weighted by Gasteiger charge is 2.47. The zero-order chi connectivity index (χ0) is 25.3. The maximum Gasteiger partial charge on any atom is 0.341 e. The number of hydrogen-bond donors (Lipinski definition) is 0. The Hall–Kier alpha value is -3.62. The molecule has 0 fully saturated rings. The predicted molar refractivity (Wildman–Crippen MR) is 119 cm³/mol. The number of furan rings is 1. The largest absolute Gasteiger partial charge is 0.465 e. The zero-order valence-electron chi connectivity index (χ0n) is 19.8. The summed E-state index contributed by atoms with van der Waals surface area (Å²) in [6.07, 6.45) is -1.67. The summed E-state index contributed by atoms with van der Waals surface area (Å²) in [4.78, 5) is 49.6. The average molecular weight is 472 g/mol. The van der Waals surface area contributed by atoms with Crippen molar-refractivity contribution >= 4 is 23.9 Å². The van der Waals surface area contributed by atoms with Crippen molar-refractivity contribution in [3.63, 3.8) is 0 Å². The van der Waals surface area contributed by atoms with Gasteiger partial charge in [-0.25, -0.2) is 9.59 Å². The quantitative estimate of drug-likeness (QED) is 0.362. The smallest absolute Gasteiger partial charge is 0.341 e. The first-order chi connectivity index (χ1) is 15.9. The van der Waals surface area contributed by atoms with Gasteiger partial charge in [-0.05, 0) is 26.0 Å². The molecule has 9 nitrogen and oxygen atoms in total. The summed E-state index contributed by atoms with van der Waals surface area (Å²) in [7, 11) is 1.25. The minimum absolute atomic E-state index is 0.0458. The van der Waals surface area contributed by atoms with Crippen LogP contribution in [-0.4, -0.2) is 49.3 Å². The highest BCUT2D eigenvalue weighted by Crippen LogP contribution is 2.40. The van der Waals surface area contributed by atoms with Crippen LogP contribution in [0.25, 0.3) is 0 Å². The molecule has 0 aliphatic carbocycles. The molecule has 1 unspecified atom stereocenters. The topological polar surface area (TPSA) is 118 Å². The molecule has 0 N–H and O–H groups in total. The summed E-state index contributed by atoms with van der Waals surface area (Å²) in [5.74, 6) is -3.36. The third-order valence-corrected chi connectivity index (χ3v) is 5.86. The normalized spacial score (nSPS) is 25.9. The van der Waals surface area contributed by atoms with Gasteiger partial charge in [0.25, 0.3) is 0 Å². The van der Waals surface area contributed by atoms with E-state index in [1.807, 2.05) is 0 Å². The van der Waals surface area contributed by atoms with Crippen molar-refractivity contribution < 1.29 is 42.5 Å². The Balaban J connectivity index is 2.31. The zero-order valence-corrected chi connectivity index (χ0v) is 19.8. The van der Waals surface area contributed by atoms with Crippen molar-refractivity contribution in [3.8, 4) is 0 Å². The lowest BCUT2D eigenvalue weighted by Gasteiger charge is -2.32. The second-order valence-electron chi connectivity index (χ2n) is 8.55. The number of hydrogen-bond acceptors (Lipinski definition) is 9. The van der Waals surface area contributed by atoms with E-state index >= 15 is 0 Å². The minimum atomic E-state index is -1.26. The molecule has 0 aromatic carbocycles. The summed E-state index contributed by atoms with van der Waals surface area (Å²) in [6, 6.07) is 1.54. The van der Waals surface area contributed by atoms with Crippen LogP contribution in [0, 0.1) is 5.92 Å². The van der Waals surface area contributed by atoms with Gasteiger partial charge < -0.3 is 23.4 Å². The van der Waals surface area contributed by atoms with Crippen molar-refractivity contribution in [3.05, 3.63) is 59.1 Å². The third-order valence-electron chi connectivity index (χ3n) is 5.86. The number of ether oxygens (including phenoxy) is 4. The number of carbonyl (C=O) groups is 4. The van der Waals surface area contributed by atoms with Gasteiger partial charge in [-0.2, -0.15) is 0 Å². The number of carbonyl (C=O) groups excluding carboxylic acids is 4. The predicted octanol–water partition coefficient (Wildman–Crippen LogP) is 3.19. The maximum atomic E-state index is 12.9. The van der Waals surface area contributed by atoms with Crippen LogP contribution in [0.15, 0.2) is 46.4 Å². The lowest BCUT2D eigenvalue weighted by molar-refractivity contribution is -0.167. The first kappa shape index (κ1) is 25.0. The number of methoxy groups -OCH3 is 1. The van der Waals surface area contributed by atoms with Gasteiger partial charge in [0.15, 0.2) is 6.10 Å². The molecule has 5 atom stereocenters. The fraction of sp³-hybridized carbons (Fsp3) is 0.440. The molecule has 1 aromatic heterocycles. The molecule has 1 aromatic rings. The molecule has 0 saturated carbocycles. The lowest BCUT2D eigenvalue weighted by atomic mass is 9.83. The van der Waals surface area contributed by atoms with Crippen LogP contribution in [0.5, 0.6) is 0 Å². The van der Waals surface area contributed by atoms with Crippen LogP contribution in [0.4, 0.5) is 0 Å². The van der Waals surface area contributed by atoms with Crippen molar-refractivity contribution in [2.45, 2.75) is 58.3 Å². The Morgan fingerprint density at radius 2 is 1.68 bits per heavy atom. The van der Waals surface area contributed by atoms with E-state index in [1.54, 1.807) is 19.9 Å². The SMILES string of the molecule is C=C(C)[C@H]1Cc2oc(cc2C(=O)OC)[C@H](C(=C)C)[C@H]2C=C(C(=O)O2)C(OC(C)=O)[C@@H]1OC(C)=O. The van der Waals surface area contributed by atoms with Crippen LogP contribution in [0.2, 0.25) is 0 Å². The monoisotopic (exact) mass is 472 g/mol. The fourth-order valence-corrected chi connectivity index (χ4v) is 4.37. The van der Waals surface area contributed by atoms with Gasteiger partial charge in [-0.1, -0.05) is 24.3 Å². The first-order valence-corrected chi connectivity index (χ1v) is 10.7. The van der Waals surface area contributed by atoms with Crippen molar-refractivity contribution in [2.75, 3.05) is 7.11 Å². The van der Waals surface area contributed by atoms with Crippen LogP contribution >= 0.6 is 0 Å². The molecular weight excluding hydrogens is 444 g/mol. The number of esters is 4. The van der Waals surface area contributed by atoms with Gasteiger partial charge in [0, 0.05) is 26.2 Å². The Kier molecular flexibility index (Phi) is 7.14. The van der Waals surface area contributed by atoms with Gasteiger partial charge >= 0.3 is 23.9 Å². The summed E-state index contributed by atoms with van der Waals surface area (Å²) in [5.41, 5.74) is 1.39. The molecule has 3 heterocycles. The van der Waals surface area contributed by atoms with Crippen LogP contribution in [0.1, 0.15) is 55.5 Å². The summed E-state index contributed by atoms with van der Waals surface area (Å²) in [5, 5.41) is 0. The molecule has 0 spiro atoms. The third kappa shape index (κ3) is 4.83. The van der Waals surface area contributed by atoms with E-state index in [2.05, 4.69) is 13.2 Å². The second-order valence-corrected chi connectivity index (χ2v) is 8.55. The van der Waals surface area contributed by atoms with Gasteiger partial charge in [-0.15, -0.1) is 0 Å². The first-order valence-electron chi connectivity index (χ1n) is 10.7. The van der Waals surface area contributed by atoms with E-state index in [9.17, 15) is 19.2 Å². The second kappa shape index (κ2) is 9.70. The van der Waals surface area contributed by atoms with E-state index in [0.717, 1.165) is 0 Å². The van der Waals surface area contributed by atoms with E-state index in [0.29, 0.717) is 16.9 Å². The standard InChI is InChI=1S/C25H28O9/c1-11(2)15-8-18-16(24(28)30-7)9-19(33-18)21(12(3)4)20-10-17(25(29)34-20)23(32-14(6)27)22(15)31-13(5)26/h9-10,15,20-23H,1,3,8H2,2,4-7H3/t15-,20-,21+,22-,23?/m1/s1. The van der Waals surface area contributed by atoms with Gasteiger partial charge in [0.05, 0.1) is 18.6 Å². The van der Waals surface area contributed by atoms with E-state index in [-0.39, 0.29) is 23.3 Å². The van der Waals surface area contributed by atoms with Crippen LogP contribution in [0.3, 0.4) is 0 Å². The van der Waals surface area contributed by atoms with Crippen LogP contribution in [-0.2, 0) is 39.8 Å². The fourth-order valence-electron chi connectivity index (χ4n) is 4.37. The summed E-state index contributed by atoms with van der Waals surface area (Å²) in [6.45, 7) is 13.8. The highest BCUT2D eigenvalue weighted by molar-refractivity contribution is 5.93. The molecule has 9 heteroatoms. The molecule has 0 radical (unpaired) electrons. The average Bonchev–Trinajstić information content (AvgIpc) is 3.30. The number of rotatable bonds is 5. The van der Waals surface area contributed by atoms with E-state index < -0.39 is 54.0 Å². The molecule has 182 valence electrons. The minimum Gasteiger partial charge on any atom is -0.465 e. The van der Waals surface area contributed by atoms with Crippen molar-refractivity contribution in [1.29, 1.82) is 0 Å². The molecule has 2 aliphatic rings. The molecule has 2 aliphatic heterocycles. The Morgan fingerprint density at radius 3 is 2.21 bits per heavy atom. The summed E-state index contributed by atoms with van der Waals surface area (Å²) >= 11 is 0. The Morgan fingerprint density at radius 1 is 1.03 bits per heavy atom. The number of fused-ring (bicyclic) bond motifs is 3. The Bertz CT molecular complexity index is 1090. The molecule has 4 bridgehead atoms. The molecular formula is C25H28O9. The lowest BCUT2D eigenvalue weighted by Crippen LogP contribution is -2.43.